The largest absolute Gasteiger partial charge is 0.368 e. The van der Waals surface area contributed by atoms with Crippen LogP contribution in [0, 0.1) is 5.82 Å². The summed E-state index contributed by atoms with van der Waals surface area (Å²) in [5.74, 6) is -0.761. The van der Waals surface area contributed by atoms with E-state index in [1.165, 1.54) is 18.2 Å². The third-order valence-electron chi connectivity index (χ3n) is 4.74. The van der Waals surface area contributed by atoms with E-state index < -0.39 is 11.7 Å². The molecule has 2 aromatic carbocycles. The number of carbonyl (C=O) groups excluding carboxylic acids is 2. The van der Waals surface area contributed by atoms with Crippen LogP contribution < -0.4 is 15.5 Å². The average Bonchev–Trinajstić information content (AvgIpc) is 2.73. The molecule has 1 heterocycles. The van der Waals surface area contributed by atoms with Crippen LogP contribution in [-0.2, 0) is 4.79 Å². The SMILES string of the molecule is CCC(=O)N1CCN(c2ccc(NC(=S)NC(=O)c3cccc(F)c3)cc2)CC1. The lowest BCUT2D eigenvalue weighted by molar-refractivity contribution is -0.131. The number of piperazine rings is 1. The number of rotatable bonds is 4. The van der Waals surface area contributed by atoms with Gasteiger partial charge in [0.1, 0.15) is 5.82 Å². The number of amides is 2. The van der Waals surface area contributed by atoms with Gasteiger partial charge in [0.05, 0.1) is 0 Å². The Morgan fingerprint density at radius 2 is 1.76 bits per heavy atom. The second kappa shape index (κ2) is 9.47. The minimum atomic E-state index is -0.480. The van der Waals surface area contributed by atoms with Crippen LogP contribution in [0.1, 0.15) is 23.7 Å². The number of anilines is 2. The first-order valence-electron chi connectivity index (χ1n) is 9.47. The van der Waals surface area contributed by atoms with E-state index in [0.717, 1.165) is 43.6 Å². The number of nitrogens with one attached hydrogen (secondary N) is 2. The van der Waals surface area contributed by atoms with E-state index in [4.69, 9.17) is 12.2 Å². The van der Waals surface area contributed by atoms with Gasteiger partial charge in [0, 0.05) is 49.5 Å². The van der Waals surface area contributed by atoms with Gasteiger partial charge >= 0.3 is 0 Å². The van der Waals surface area contributed by atoms with Crippen molar-refractivity contribution in [1.82, 2.24) is 10.2 Å². The molecular weight excluding hydrogens is 391 g/mol. The van der Waals surface area contributed by atoms with Gasteiger partial charge in [0.25, 0.3) is 5.91 Å². The molecule has 0 unspecified atom stereocenters. The monoisotopic (exact) mass is 414 g/mol. The van der Waals surface area contributed by atoms with Crippen LogP contribution in [0.15, 0.2) is 48.5 Å². The summed E-state index contributed by atoms with van der Waals surface area (Å²) in [7, 11) is 0. The predicted molar refractivity (Wildman–Crippen MR) is 116 cm³/mol. The highest BCUT2D eigenvalue weighted by Gasteiger charge is 2.20. The van der Waals surface area contributed by atoms with Crippen LogP contribution in [0.2, 0.25) is 0 Å². The summed E-state index contributed by atoms with van der Waals surface area (Å²) in [5, 5.41) is 5.63. The highest BCUT2D eigenvalue weighted by molar-refractivity contribution is 7.80. The number of benzene rings is 2. The zero-order valence-corrected chi connectivity index (χ0v) is 17.0. The van der Waals surface area contributed by atoms with Gasteiger partial charge in [0.15, 0.2) is 5.11 Å². The molecule has 0 spiro atoms. The first kappa shape index (κ1) is 20.7. The van der Waals surface area contributed by atoms with Crippen LogP contribution in [0.25, 0.3) is 0 Å². The molecule has 1 aliphatic heterocycles. The summed E-state index contributed by atoms with van der Waals surface area (Å²) in [5.41, 5.74) is 2.00. The van der Waals surface area contributed by atoms with E-state index in [0.29, 0.717) is 6.42 Å². The topological polar surface area (TPSA) is 64.7 Å². The molecule has 1 saturated heterocycles. The molecule has 3 rings (SSSR count). The van der Waals surface area contributed by atoms with Gasteiger partial charge in [-0.25, -0.2) is 4.39 Å². The fourth-order valence-electron chi connectivity index (χ4n) is 3.16. The molecule has 0 aromatic heterocycles. The van der Waals surface area contributed by atoms with Crippen LogP contribution in [0.4, 0.5) is 15.8 Å². The molecule has 1 fully saturated rings. The molecule has 2 N–H and O–H groups in total. The second-order valence-corrected chi connectivity index (χ2v) is 7.10. The van der Waals surface area contributed by atoms with Gasteiger partial charge in [-0.1, -0.05) is 13.0 Å². The molecule has 0 atom stereocenters. The molecule has 8 heteroatoms. The normalized spacial score (nSPS) is 13.7. The Morgan fingerprint density at radius 3 is 2.38 bits per heavy atom. The Kier molecular flexibility index (Phi) is 6.77. The number of nitrogens with zero attached hydrogens (tertiary/aromatic N) is 2. The molecule has 2 aromatic rings. The summed E-state index contributed by atoms with van der Waals surface area (Å²) < 4.78 is 13.2. The van der Waals surface area contributed by atoms with E-state index in [9.17, 15) is 14.0 Å². The quantitative estimate of drug-likeness (QED) is 0.753. The standard InChI is InChI=1S/C21H23FN4O2S/c1-2-19(27)26-12-10-25(11-13-26)18-8-6-17(7-9-18)23-21(29)24-20(28)15-4-3-5-16(22)14-15/h3-9,14H,2,10-13H2,1H3,(H2,23,24,28,29). The Bertz CT molecular complexity index is 896. The first-order chi connectivity index (χ1) is 14.0. The highest BCUT2D eigenvalue weighted by atomic mass is 32.1. The molecule has 0 saturated carbocycles. The zero-order valence-electron chi connectivity index (χ0n) is 16.2. The molecule has 6 nitrogen and oxygen atoms in total. The van der Waals surface area contributed by atoms with Gasteiger partial charge in [0.2, 0.25) is 5.91 Å². The van der Waals surface area contributed by atoms with Crippen molar-refractivity contribution >= 4 is 40.5 Å². The maximum Gasteiger partial charge on any atom is 0.257 e. The van der Waals surface area contributed by atoms with Crippen molar-refractivity contribution < 1.29 is 14.0 Å². The smallest absolute Gasteiger partial charge is 0.257 e. The lowest BCUT2D eigenvalue weighted by Gasteiger charge is -2.36. The maximum atomic E-state index is 13.2. The van der Waals surface area contributed by atoms with Crippen molar-refractivity contribution in [2.75, 3.05) is 36.4 Å². The van der Waals surface area contributed by atoms with E-state index in [-0.39, 0.29) is 16.6 Å². The lowest BCUT2D eigenvalue weighted by atomic mass is 10.2. The summed E-state index contributed by atoms with van der Waals surface area (Å²) >= 11 is 5.17. The van der Waals surface area contributed by atoms with Crippen LogP contribution in [-0.4, -0.2) is 48.0 Å². The Balaban J connectivity index is 1.52. The summed E-state index contributed by atoms with van der Waals surface area (Å²) in [6, 6.07) is 13.1. The predicted octanol–water partition coefficient (Wildman–Crippen LogP) is 3.01. The minimum Gasteiger partial charge on any atom is -0.368 e. The minimum absolute atomic E-state index is 0.138. The molecule has 152 valence electrons. The summed E-state index contributed by atoms with van der Waals surface area (Å²) in [4.78, 5) is 28.0. The highest BCUT2D eigenvalue weighted by Crippen LogP contribution is 2.20. The van der Waals surface area contributed by atoms with Crippen molar-refractivity contribution in [2.24, 2.45) is 0 Å². The third kappa shape index (κ3) is 5.51. The number of carbonyl (C=O) groups is 2. The van der Waals surface area contributed by atoms with Crippen molar-refractivity contribution in [3.63, 3.8) is 0 Å². The van der Waals surface area contributed by atoms with Crippen molar-refractivity contribution in [3.8, 4) is 0 Å². The molecule has 0 radical (unpaired) electrons. The number of thiocarbonyl (C=S) groups is 1. The van der Waals surface area contributed by atoms with Crippen molar-refractivity contribution in [2.45, 2.75) is 13.3 Å². The number of halogens is 1. The molecule has 2 amide bonds. The number of hydrogen-bond donors (Lipinski definition) is 2. The maximum absolute atomic E-state index is 13.2. The number of hydrogen-bond acceptors (Lipinski definition) is 4. The van der Waals surface area contributed by atoms with E-state index in [1.807, 2.05) is 36.1 Å². The Hall–Kier alpha value is -3.00. The Labute approximate surface area is 174 Å². The first-order valence-corrected chi connectivity index (χ1v) is 9.88. The molecule has 1 aliphatic rings. The van der Waals surface area contributed by atoms with Gasteiger partial charge in [-0.15, -0.1) is 0 Å². The lowest BCUT2D eigenvalue weighted by Crippen LogP contribution is -2.48. The fourth-order valence-corrected chi connectivity index (χ4v) is 3.37. The van der Waals surface area contributed by atoms with Gasteiger partial charge < -0.3 is 15.1 Å². The average molecular weight is 415 g/mol. The second-order valence-electron chi connectivity index (χ2n) is 6.69. The van der Waals surface area contributed by atoms with E-state index >= 15 is 0 Å². The molecule has 29 heavy (non-hydrogen) atoms. The van der Waals surface area contributed by atoms with E-state index in [1.54, 1.807) is 0 Å². The van der Waals surface area contributed by atoms with Crippen molar-refractivity contribution in [1.29, 1.82) is 0 Å². The molecule has 0 bridgehead atoms. The zero-order chi connectivity index (χ0) is 20.8. The van der Waals surface area contributed by atoms with Gasteiger partial charge in [-0.05, 0) is 54.7 Å². The third-order valence-corrected chi connectivity index (χ3v) is 4.94. The van der Waals surface area contributed by atoms with Crippen LogP contribution >= 0.6 is 12.2 Å². The van der Waals surface area contributed by atoms with E-state index in [2.05, 4.69) is 15.5 Å². The van der Waals surface area contributed by atoms with Gasteiger partial charge in [-0.3, -0.25) is 14.9 Å². The van der Waals surface area contributed by atoms with Crippen LogP contribution in [0.5, 0.6) is 0 Å². The molecule has 0 aliphatic carbocycles. The summed E-state index contributed by atoms with van der Waals surface area (Å²) in [6.45, 7) is 4.92. The van der Waals surface area contributed by atoms with Crippen molar-refractivity contribution in [3.05, 3.63) is 59.9 Å². The Morgan fingerprint density at radius 1 is 1.07 bits per heavy atom. The van der Waals surface area contributed by atoms with Crippen LogP contribution in [0.3, 0.4) is 0 Å². The molecular formula is C21H23FN4O2S. The fraction of sp³-hybridized carbons (Fsp3) is 0.286. The van der Waals surface area contributed by atoms with Gasteiger partial charge in [-0.2, -0.15) is 0 Å². The summed E-state index contributed by atoms with van der Waals surface area (Å²) in [6.07, 6.45) is 0.538.